The van der Waals surface area contributed by atoms with Crippen LogP contribution in [0.1, 0.15) is 35.7 Å². The topological polar surface area (TPSA) is 78.5 Å². The van der Waals surface area contributed by atoms with Crippen molar-refractivity contribution in [1.82, 2.24) is 10.2 Å². The minimum Gasteiger partial charge on any atom is -0.349 e. The SMILES string of the molecule is CC(=O)Nc1cccc(C(=O)NC2CCN(C(=O)Cc3ccc(F)cc3)CC2)c1. The van der Waals surface area contributed by atoms with E-state index in [-0.39, 0.29) is 36.0 Å². The van der Waals surface area contributed by atoms with Gasteiger partial charge in [0, 0.05) is 37.3 Å². The van der Waals surface area contributed by atoms with Crippen LogP contribution in [0.5, 0.6) is 0 Å². The van der Waals surface area contributed by atoms with Crippen molar-refractivity contribution in [3.63, 3.8) is 0 Å². The number of carbonyl (C=O) groups is 3. The van der Waals surface area contributed by atoms with Gasteiger partial charge in [0.1, 0.15) is 5.82 Å². The number of amides is 3. The molecule has 6 nitrogen and oxygen atoms in total. The van der Waals surface area contributed by atoms with Gasteiger partial charge in [-0.1, -0.05) is 18.2 Å². The number of nitrogens with zero attached hydrogens (tertiary/aromatic N) is 1. The van der Waals surface area contributed by atoms with Gasteiger partial charge in [0.2, 0.25) is 11.8 Å². The summed E-state index contributed by atoms with van der Waals surface area (Å²) in [5.41, 5.74) is 1.84. The molecule has 7 heteroatoms. The van der Waals surface area contributed by atoms with Crippen molar-refractivity contribution in [1.29, 1.82) is 0 Å². The van der Waals surface area contributed by atoms with E-state index >= 15 is 0 Å². The van der Waals surface area contributed by atoms with Crippen LogP contribution in [0.25, 0.3) is 0 Å². The molecule has 2 N–H and O–H groups in total. The molecule has 0 radical (unpaired) electrons. The predicted molar refractivity (Wildman–Crippen MR) is 108 cm³/mol. The second kappa shape index (κ2) is 9.32. The maximum atomic E-state index is 13.0. The van der Waals surface area contributed by atoms with Gasteiger partial charge in [-0.15, -0.1) is 0 Å². The Balaban J connectivity index is 1.49. The predicted octanol–water partition coefficient (Wildman–Crippen LogP) is 2.75. The number of nitrogens with one attached hydrogen (secondary N) is 2. The van der Waals surface area contributed by atoms with Gasteiger partial charge in [0.05, 0.1) is 6.42 Å². The Labute approximate surface area is 169 Å². The van der Waals surface area contributed by atoms with E-state index in [1.807, 2.05) is 0 Å². The zero-order chi connectivity index (χ0) is 20.8. The van der Waals surface area contributed by atoms with Crippen molar-refractivity contribution in [3.8, 4) is 0 Å². The summed E-state index contributed by atoms with van der Waals surface area (Å²) in [6, 6.07) is 12.7. The maximum absolute atomic E-state index is 13.0. The molecule has 1 heterocycles. The molecule has 3 amide bonds. The molecule has 1 saturated heterocycles. The van der Waals surface area contributed by atoms with Crippen LogP contribution in [0.2, 0.25) is 0 Å². The number of rotatable bonds is 5. The average molecular weight is 397 g/mol. The first-order valence-corrected chi connectivity index (χ1v) is 9.61. The third-order valence-corrected chi connectivity index (χ3v) is 4.90. The van der Waals surface area contributed by atoms with E-state index in [1.54, 1.807) is 41.3 Å². The first kappa shape index (κ1) is 20.5. The first-order valence-electron chi connectivity index (χ1n) is 9.61. The van der Waals surface area contributed by atoms with Crippen molar-refractivity contribution in [2.24, 2.45) is 0 Å². The Morgan fingerprint density at radius 1 is 1.07 bits per heavy atom. The van der Waals surface area contributed by atoms with Gasteiger partial charge in [-0.3, -0.25) is 14.4 Å². The molecular formula is C22H24FN3O3. The summed E-state index contributed by atoms with van der Waals surface area (Å²) in [5.74, 6) is -0.710. The molecule has 0 atom stereocenters. The third-order valence-electron chi connectivity index (χ3n) is 4.90. The average Bonchev–Trinajstić information content (AvgIpc) is 2.70. The fourth-order valence-electron chi connectivity index (χ4n) is 3.37. The molecule has 0 saturated carbocycles. The highest BCUT2D eigenvalue weighted by molar-refractivity contribution is 5.97. The highest BCUT2D eigenvalue weighted by Crippen LogP contribution is 2.15. The van der Waals surface area contributed by atoms with E-state index in [0.29, 0.717) is 37.2 Å². The van der Waals surface area contributed by atoms with E-state index < -0.39 is 0 Å². The number of benzene rings is 2. The minimum absolute atomic E-state index is 0.00407. The fraction of sp³-hybridized carbons (Fsp3) is 0.318. The molecule has 0 aromatic heterocycles. The van der Waals surface area contributed by atoms with Gasteiger partial charge in [-0.05, 0) is 48.7 Å². The standard InChI is InChI=1S/C22H24FN3O3/c1-15(27)24-20-4-2-3-17(14-20)22(29)25-19-9-11-26(12-10-19)21(28)13-16-5-7-18(23)8-6-16/h2-8,14,19H,9-13H2,1H3,(H,24,27)(H,25,29). The molecule has 1 fully saturated rings. The lowest BCUT2D eigenvalue weighted by molar-refractivity contribution is -0.131. The number of halogens is 1. The molecule has 0 aliphatic carbocycles. The monoisotopic (exact) mass is 397 g/mol. The Morgan fingerprint density at radius 3 is 2.41 bits per heavy atom. The second-order valence-electron chi connectivity index (χ2n) is 7.19. The van der Waals surface area contributed by atoms with Crippen molar-refractivity contribution in [2.45, 2.75) is 32.2 Å². The summed E-state index contributed by atoms with van der Waals surface area (Å²) >= 11 is 0. The smallest absolute Gasteiger partial charge is 0.251 e. The van der Waals surface area contributed by atoms with Gasteiger partial charge in [0.15, 0.2) is 0 Å². The minimum atomic E-state index is -0.319. The van der Waals surface area contributed by atoms with E-state index in [4.69, 9.17) is 0 Å². The summed E-state index contributed by atoms with van der Waals surface area (Å²) in [6.07, 6.45) is 1.59. The number of hydrogen-bond acceptors (Lipinski definition) is 3. The van der Waals surface area contributed by atoms with Crippen LogP contribution in [0.15, 0.2) is 48.5 Å². The molecule has 29 heavy (non-hydrogen) atoms. The van der Waals surface area contributed by atoms with Gasteiger partial charge in [-0.25, -0.2) is 4.39 Å². The number of likely N-dealkylation sites (tertiary alicyclic amines) is 1. The first-order chi connectivity index (χ1) is 13.9. The lowest BCUT2D eigenvalue weighted by Gasteiger charge is -2.32. The summed E-state index contributed by atoms with van der Waals surface area (Å²) in [5, 5.41) is 5.66. The lowest BCUT2D eigenvalue weighted by Crippen LogP contribution is -2.47. The summed E-state index contributed by atoms with van der Waals surface area (Å²) in [7, 11) is 0. The van der Waals surface area contributed by atoms with Crippen LogP contribution in [0.3, 0.4) is 0 Å². The van der Waals surface area contributed by atoms with E-state index in [0.717, 1.165) is 5.56 Å². The normalized spacial score (nSPS) is 14.3. The molecule has 1 aliphatic rings. The van der Waals surface area contributed by atoms with Gasteiger partial charge in [-0.2, -0.15) is 0 Å². The van der Waals surface area contributed by atoms with Crippen molar-refractivity contribution in [2.75, 3.05) is 18.4 Å². The molecule has 152 valence electrons. The molecule has 1 aliphatic heterocycles. The Bertz CT molecular complexity index is 890. The third kappa shape index (κ3) is 5.88. The largest absolute Gasteiger partial charge is 0.349 e. The Morgan fingerprint density at radius 2 is 1.76 bits per heavy atom. The van der Waals surface area contributed by atoms with Crippen LogP contribution >= 0.6 is 0 Å². The molecular weight excluding hydrogens is 373 g/mol. The molecule has 2 aromatic carbocycles. The Hall–Kier alpha value is -3.22. The second-order valence-corrected chi connectivity index (χ2v) is 7.19. The fourth-order valence-corrected chi connectivity index (χ4v) is 3.37. The molecule has 2 aromatic rings. The zero-order valence-corrected chi connectivity index (χ0v) is 16.3. The summed E-state index contributed by atoms with van der Waals surface area (Å²) in [4.78, 5) is 37.9. The molecule has 0 spiro atoms. The highest BCUT2D eigenvalue weighted by atomic mass is 19.1. The van der Waals surface area contributed by atoms with Crippen LogP contribution in [-0.2, 0) is 16.0 Å². The van der Waals surface area contributed by atoms with Gasteiger partial charge in [0.25, 0.3) is 5.91 Å². The zero-order valence-electron chi connectivity index (χ0n) is 16.3. The van der Waals surface area contributed by atoms with Crippen molar-refractivity contribution < 1.29 is 18.8 Å². The van der Waals surface area contributed by atoms with Crippen molar-refractivity contribution in [3.05, 3.63) is 65.5 Å². The van der Waals surface area contributed by atoms with Crippen LogP contribution in [0, 0.1) is 5.82 Å². The molecule has 0 unspecified atom stereocenters. The summed E-state index contributed by atoms with van der Waals surface area (Å²) < 4.78 is 13.0. The quantitative estimate of drug-likeness (QED) is 0.814. The number of piperidine rings is 1. The Kier molecular flexibility index (Phi) is 6.59. The maximum Gasteiger partial charge on any atom is 0.251 e. The van der Waals surface area contributed by atoms with E-state index in [1.165, 1.54) is 19.1 Å². The highest BCUT2D eigenvalue weighted by Gasteiger charge is 2.24. The molecule has 0 bridgehead atoms. The van der Waals surface area contributed by atoms with Gasteiger partial charge < -0.3 is 15.5 Å². The van der Waals surface area contributed by atoms with Crippen LogP contribution in [0.4, 0.5) is 10.1 Å². The number of carbonyl (C=O) groups excluding carboxylic acids is 3. The number of anilines is 1. The number of hydrogen-bond donors (Lipinski definition) is 2. The van der Waals surface area contributed by atoms with E-state index in [2.05, 4.69) is 10.6 Å². The van der Waals surface area contributed by atoms with Crippen LogP contribution < -0.4 is 10.6 Å². The molecule has 3 rings (SSSR count). The van der Waals surface area contributed by atoms with Gasteiger partial charge >= 0.3 is 0 Å². The van der Waals surface area contributed by atoms with E-state index in [9.17, 15) is 18.8 Å². The van der Waals surface area contributed by atoms with Crippen LogP contribution in [-0.4, -0.2) is 41.8 Å². The summed E-state index contributed by atoms with van der Waals surface area (Å²) in [6.45, 7) is 2.55. The lowest BCUT2D eigenvalue weighted by atomic mass is 10.0. The van der Waals surface area contributed by atoms with Crippen molar-refractivity contribution >= 4 is 23.4 Å².